The Labute approximate surface area is 58.1 Å². The standard InChI is InChI=1S/C2H4F2O.Na.H/c3-2(4)1-5;;/h2,5H,1H2;;/q;+1;-1. The third-order valence-electron chi connectivity index (χ3n) is 0.138. The first-order valence-electron chi connectivity index (χ1n) is 1.16. The predicted molar refractivity (Wildman–Crippen MR) is 14.2 cm³/mol. The van der Waals surface area contributed by atoms with Crippen LogP contribution >= 0.6 is 0 Å². The second kappa shape index (κ2) is 5.82. The molecule has 0 saturated heterocycles. The Kier molecular flexibility index (Phi) is 9.65. The van der Waals surface area contributed by atoms with Gasteiger partial charge in [-0.1, -0.05) is 0 Å². The number of hydrogen-bond donors (Lipinski definition) is 1. The normalized spacial score (nSPS) is 8.00. The van der Waals surface area contributed by atoms with Crippen LogP contribution in [-0.2, 0) is 0 Å². The fourth-order valence-electron chi connectivity index (χ4n) is 0. The van der Waals surface area contributed by atoms with Gasteiger partial charge in [0, 0.05) is 0 Å². The first kappa shape index (κ1) is 9.94. The molecule has 0 aliphatic heterocycles. The molecule has 1 nitrogen and oxygen atoms in total. The molecule has 0 amide bonds. The molecule has 0 saturated carbocycles. The molecule has 1 N–H and O–H groups in total. The van der Waals surface area contributed by atoms with Crippen LogP contribution in [0.15, 0.2) is 0 Å². The number of rotatable bonds is 1. The van der Waals surface area contributed by atoms with Crippen molar-refractivity contribution in [2.75, 3.05) is 6.61 Å². The van der Waals surface area contributed by atoms with E-state index in [1.54, 1.807) is 0 Å². The molecule has 0 unspecified atom stereocenters. The Morgan fingerprint density at radius 3 is 1.83 bits per heavy atom. The summed E-state index contributed by atoms with van der Waals surface area (Å²) in [5.41, 5.74) is 0. The monoisotopic (exact) mass is 106 g/mol. The summed E-state index contributed by atoms with van der Waals surface area (Å²) in [5, 5.41) is 7.39. The van der Waals surface area contributed by atoms with Crippen LogP contribution in [0, 0.1) is 0 Å². The molecule has 0 aliphatic rings. The summed E-state index contributed by atoms with van der Waals surface area (Å²) < 4.78 is 21.0. The van der Waals surface area contributed by atoms with Crippen molar-refractivity contribution in [1.29, 1.82) is 0 Å². The van der Waals surface area contributed by atoms with Crippen molar-refractivity contribution < 1.29 is 44.9 Å². The van der Waals surface area contributed by atoms with Crippen LogP contribution in [0.5, 0.6) is 0 Å². The van der Waals surface area contributed by atoms with Gasteiger partial charge in [-0.05, 0) is 0 Å². The molecule has 0 heterocycles. The molecule has 0 bridgehead atoms. The van der Waals surface area contributed by atoms with Gasteiger partial charge in [-0.2, -0.15) is 0 Å². The smallest absolute Gasteiger partial charge is 1.00 e. The minimum absolute atomic E-state index is 0. The molecule has 0 atom stereocenters. The number of hydrogen-bond acceptors (Lipinski definition) is 1. The van der Waals surface area contributed by atoms with Crippen molar-refractivity contribution >= 4 is 0 Å². The number of alkyl halides is 2. The van der Waals surface area contributed by atoms with E-state index >= 15 is 0 Å². The molecule has 6 heavy (non-hydrogen) atoms. The van der Waals surface area contributed by atoms with E-state index < -0.39 is 13.0 Å². The largest absolute Gasteiger partial charge is 1.00 e. The fraction of sp³-hybridized carbons (Fsp3) is 1.00. The Morgan fingerprint density at radius 2 is 1.83 bits per heavy atom. The summed E-state index contributed by atoms with van der Waals surface area (Å²) in [7, 11) is 0. The van der Waals surface area contributed by atoms with Crippen LogP contribution in [-0.4, -0.2) is 18.1 Å². The van der Waals surface area contributed by atoms with Crippen molar-refractivity contribution in [1.82, 2.24) is 0 Å². The molecule has 0 spiro atoms. The molecule has 0 aromatic rings. The van der Waals surface area contributed by atoms with Gasteiger partial charge in [0.15, 0.2) is 0 Å². The first-order valence-corrected chi connectivity index (χ1v) is 1.16. The number of aliphatic hydroxyl groups is 1. The molecule has 0 aromatic heterocycles. The third-order valence-corrected chi connectivity index (χ3v) is 0.138. The summed E-state index contributed by atoms with van der Waals surface area (Å²) in [6, 6.07) is 0. The molecule has 0 aromatic carbocycles. The van der Waals surface area contributed by atoms with Crippen molar-refractivity contribution in [3.05, 3.63) is 0 Å². The Morgan fingerprint density at radius 1 is 1.67 bits per heavy atom. The first-order chi connectivity index (χ1) is 2.27. The van der Waals surface area contributed by atoms with E-state index in [0.29, 0.717) is 0 Å². The van der Waals surface area contributed by atoms with Gasteiger partial charge in [0.05, 0.1) is 0 Å². The van der Waals surface area contributed by atoms with Gasteiger partial charge >= 0.3 is 29.6 Å². The molecular formula is C2H5F2NaO. The molecular weight excluding hydrogens is 101 g/mol. The zero-order valence-electron chi connectivity index (χ0n) is 4.49. The zero-order chi connectivity index (χ0) is 4.28. The second-order valence-corrected chi connectivity index (χ2v) is 0.574. The fourth-order valence-corrected chi connectivity index (χ4v) is 0. The Bertz CT molecular complexity index is 29.7. The molecule has 4 heteroatoms. The maximum Gasteiger partial charge on any atom is 1.00 e. The van der Waals surface area contributed by atoms with Crippen LogP contribution in [0.2, 0.25) is 0 Å². The summed E-state index contributed by atoms with van der Waals surface area (Å²) in [6.45, 7) is -1.03. The van der Waals surface area contributed by atoms with Gasteiger partial charge in [-0.25, -0.2) is 8.78 Å². The molecule has 0 aliphatic carbocycles. The van der Waals surface area contributed by atoms with Gasteiger partial charge < -0.3 is 6.53 Å². The van der Waals surface area contributed by atoms with Crippen molar-refractivity contribution in [3.63, 3.8) is 0 Å². The number of halogens is 2. The SMILES string of the molecule is OCC(F)F.[H-].[Na+]. The van der Waals surface area contributed by atoms with E-state index in [1.165, 1.54) is 0 Å². The van der Waals surface area contributed by atoms with Crippen molar-refractivity contribution in [3.8, 4) is 0 Å². The minimum atomic E-state index is -2.56. The average molecular weight is 106 g/mol. The van der Waals surface area contributed by atoms with E-state index in [2.05, 4.69) is 0 Å². The van der Waals surface area contributed by atoms with E-state index in [1.807, 2.05) is 0 Å². The summed E-state index contributed by atoms with van der Waals surface area (Å²) in [6.07, 6.45) is -2.56. The predicted octanol–water partition coefficient (Wildman–Crippen LogP) is -2.64. The maximum atomic E-state index is 10.5. The van der Waals surface area contributed by atoms with Gasteiger partial charge in [0.2, 0.25) is 0 Å². The Balaban J connectivity index is -0.0000000800. The summed E-state index contributed by atoms with van der Waals surface area (Å²) in [4.78, 5) is 0. The molecule has 0 rings (SSSR count). The molecule has 34 valence electrons. The van der Waals surface area contributed by atoms with Gasteiger partial charge in [-0.15, -0.1) is 0 Å². The van der Waals surface area contributed by atoms with Crippen LogP contribution in [0.25, 0.3) is 0 Å². The maximum absolute atomic E-state index is 10.5. The van der Waals surface area contributed by atoms with Crippen LogP contribution in [0.1, 0.15) is 1.43 Å². The zero-order valence-corrected chi connectivity index (χ0v) is 5.49. The van der Waals surface area contributed by atoms with Gasteiger partial charge in [0.1, 0.15) is 6.61 Å². The van der Waals surface area contributed by atoms with Crippen LogP contribution < -0.4 is 29.6 Å². The van der Waals surface area contributed by atoms with Crippen molar-refractivity contribution in [2.45, 2.75) is 6.43 Å². The van der Waals surface area contributed by atoms with E-state index in [-0.39, 0.29) is 31.0 Å². The topological polar surface area (TPSA) is 20.2 Å². The van der Waals surface area contributed by atoms with Gasteiger partial charge in [-0.3, -0.25) is 0 Å². The second-order valence-electron chi connectivity index (χ2n) is 0.574. The summed E-state index contributed by atoms with van der Waals surface area (Å²) in [5.74, 6) is 0. The van der Waals surface area contributed by atoms with E-state index in [0.717, 1.165) is 0 Å². The van der Waals surface area contributed by atoms with Gasteiger partial charge in [0.25, 0.3) is 6.43 Å². The molecule has 0 radical (unpaired) electrons. The molecule has 0 fully saturated rings. The number of aliphatic hydroxyl groups excluding tert-OH is 1. The van der Waals surface area contributed by atoms with E-state index in [4.69, 9.17) is 5.11 Å². The summed E-state index contributed by atoms with van der Waals surface area (Å²) >= 11 is 0. The van der Waals surface area contributed by atoms with E-state index in [9.17, 15) is 8.78 Å². The van der Waals surface area contributed by atoms with Crippen LogP contribution in [0.3, 0.4) is 0 Å². The van der Waals surface area contributed by atoms with Crippen molar-refractivity contribution in [2.24, 2.45) is 0 Å². The average Bonchev–Trinajstić information content (AvgIpc) is 1.38. The van der Waals surface area contributed by atoms with Crippen LogP contribution in [0.4, 0.5) is 8.78 Å². The quantitative estimate of drug-likeness (QED) is 0.362. The Hall–Kier alpha value is 0.820. The third kappa shape index (κ3) is 8.84. The minimum Gasteiger partial charge on any atom is -1.00 e.